The molecule has 0 radical (unpaired) electrons. The van der Waals surface area contributed by atoms with Crippen molar-refractivity contribution in [3.05, 3.63) is 95.6 Å². The highest BCUT2D eigenvalue weighted by atomic mass is 32.2. The van der Waals surface area contributed by atoms with E-state index in [9.17, 15) is 57.4 Å². The van der Waals surface area contributed by atoms with E-state index in [0.29, 0.717) is 43.8 Å². The van der Waals surface area contributed by atoms with Gasteiger partial charge in [-0.25, -0.2) is 0 Å². The van der Waals surface area contributed by atoms with E-state index < -0.39 is 71.5 Å². The molecular weight excluding hydrogens is 859 g/mol. The van der Waals surface area contributed by atoms with Crippen LogP contribution in [0.2, 0.25) is 0 Å². The van der Waals surface area contributed by atoms with E-state index in [1.807, 2.05) is 54.6 Å². The molecule has 0 saturated carbocycles. The van der Waals surface area contributed by atoms with Crippen molar-refractivity contribution in [2.24, 2.45) is 0 Å². The number of hydrogen-bond donors (Lipinski definition) is 1. The van der Waals surface area contributed by atoms with Crippen molar-refractivity contribution < 1.29 is 62.2 Å². The fraction of sp³-hybridized carbons (Fsp3) is 0.556. The summed E-state index contributed by atoms with van der Waals surface area (Å²) in [6, 6.07) is 24.8. The number of benzene rings is 3. The summed E-state index contributed by atoms with van der Waals surface area (Å²) in [5, 5.41) is 10.1. The third-order valence-electron chi connectivity index (χ3n) is 10.1. The number of ether oxygens (including phenoxy) is 1. The van der Waals surface area contributed by atoms with Gasteiger partial charge in [-0.1, -0.05) is 93.1 Å². The minimum atomic E-state index is -5.61. The highest BCUT2D eigenvalue weighted by molar-refractivity contribution is 7.85. The number of hydrogen-bond acceptors (Lipinski definition) is 4. The first-order valence-electron chi connectivity index (χ1n) is 20.7. The van der Waals surface area contributed by atoms with Gasteiger partial charge in [0.25, 0.3) is 0 Å². The molecule has 1 N–H and O–H groups in total. The lowest BCUT2D eigenvalue weighted by atomic mass is 9.86. The van der Waals surface area contributed by atoms with Crippen molar-refractivity contribution >= 4 is 32.7 Å². The molecule has 0 aliphatic carbocycles. The largest absolute Gasteiger partial charge is 0.508 e. The Labute approximate surface area is 357 Å². The van der Waals surface area contributed by atoms with Crippen molar-refractivity contribution in [1.29, 1.82) is 0 Å². The third kappa shape index (κ3) is 18.9. The second-order valence-electron chi connectivity index (χ2n) is 15.1. The third-order valence-corrected chi connectivity index (χ3v) is 13.1. The van der Waals surface area contributed by atoms with Crippen LogP contribution in [0.25, 0.3) is 11.1 Å². The molecule has 0 amide bonds. The summed E-state index contributed by atoms with van der Waals surface area (Å²) in [4.78, 5) is 0. The van der Waals surface area contributed by atoms with Crippen molar-refractivity contribution in [2.75, 3.05) is 29.6 Å². The van der Waals surface area contributed by atoms with Gasteiger partial charge >= 0.3 is 24.2 Å². The fourth-order valence-corrected chi connectivity index (χ4v) is 9.06. The molecule has 0 spiro atoms. The first-order chi connectivity index (χ1) is 28.8. The van der Waals surface area contributed by atoms with Crippen LogP contribution in [0, 0.1) is 0 Å². The molecule has 2 atom stereocenters. The molecule has 0 heterocycles. The molecule has 61 heavy (non-hydrogen) atoms. The van der Waals surface area contributed by atoms with Crippen molar-refractivity contribution in [3.8, 4) is 11.5 Å². The maximum absolute atomic E-state index is 13.1. The molecule has 0 aromatic heterocycles. The van der Waals surface area contributed by atoms with Crippen LogP contribution in [-0.4, -0.2) is 67.3 Å². The van der Waals surface area contributed by atoms with E-state index in [1.54, 1.807) is 12.1 Å². The molecule has 2 unspecified atom stereocenters. The molecule has 0 bridgehead atoms. The summed E-state index contributed by atoms with van der Waals surface area (Å²) < 4.78 is 156. The number of halogens is 10. The lowest BCUT2D eigenvalue weighted by Gasteiger charge is -2.19. The zero-order valence-electron chi connectivity index (χ0n) is 34.1. The number of phenols is 1. The molecule has 3 aromatic rings. The molecule has 0 aliphatic rings. The quantitative estimate of drug-likeness (QED) is 0.0428. The summed E-state index contributed by atoms with van der Waals surface area (Å²) in [5.74, 6) is -8.62. The lowest BCUT2D eigenvalue weighted by molar-refractivity contribution is -0.284. The Balaban J connectivity index is 1.49. The number of allylic oxidation sites excluding steroid dienone is 1. The van der Waals surface area contributed by atoms with Crippen LogP contribution in [0.15, 0.2) is 78.9 Å². The van der Waals surface area contributed by atoms with Crippen molar-refractivity contribution in [1.82, 2.24) is 0 Å². The first kappa shape index (κ1) is 51.9. The molecule has 342 valence electrons. The van der Waals surface area contributed by atoms with E-state index in [1.165, 1.54) is 0 Å². The van der Waals surface area contributed by atoms with E-state index in [0.717, 1.165) is 79.2 Å². The van der Waals surface area contributed by atoms with E-state index in [2.05, 4.69) is 12.1 Å². The summed E-state index contributed by atoms with van der Waals surface area (Å²) in [6.45, 7) is 0.378. The molecule has 0 aliphatic heterocycles. The Morgan fingerprint density at radius 3 is 1.36 bits per heavy atom. The van der Waals surface area contributed by atoms with Gasteiger partial charge in [-0.05, 0) is 103 Å². The first-order valence-corrected chi connectivity index (χ1v) is 23.7. The van der Waals surface area contributed by atoms with Gasteiger partial charge in [-0.3, -0.25) is 8.42 Å². The summed E-state index contributed by atoms with van der Waals surface area (Å²) in [5.41, 5.74) is 5.10. The highest BCUT2D eigenvalue weighted by Crippen LogP contribution is 2.40. The Morgan fingerprint density at radius 2 is 0.885 bits per heavy atom. The van der Waals surface area contributed by atoms with Gasteiger partial charge in [0.15, 0.2) is 0 Å². The number of unbranched alkanes of at least 4 members (excludes halogenated alkanes) is 9. The van der Waals surface area contributed by atoms with Crippen LogP contribution in [0.4, 0.5) is 43.9 Å². The highest BCUT2D eigenvalue weighted by Gasteiger charge is 2.57. The predicted octanol–water partition coefficient (Wildman–Crippen LogP) is 13.9. The van der Waals surface area contributed by atoms with Crippen LogP contribution in [-0.2, 0) is 21.6 Å². The SMILES string of the molecule is O=S(CCCCCCCCCC/C(=C(\c1ccc(O)cc1)c1ccc(OCCCCCS(=O)CCCC(F)(F)C(F)(F)F)cc1)c1ccccc1)CCCC(F)(F)C(F)(F)F. The van der Waals surface area contributed by atoms with Crippen molar-refractivity contribution in [3.63, 3.8) is 0 Å². The smallest absolute Gasteiger partial charge is 0.453 e. The predicted molar refractivity (Wildman–Crippen MR) is 224 cm³/mol. The van der Waals surface area contributed by atoms with Gasteiger partial charge in [0.2, 0.25) is 0 Å². The van der Waals surface area contributed by atoms with Crippen LogP contribution < -0.4 is 4.74 Å². The van der Waals surface area contributed by atoms with Crippen LogP contribution in [0.5, 0.6) is 11.5 Å². The van der Waals surface area contributed by atoms with E-state index in [4.69, 9.17) is 4.74 Å². The zero-order valence-corrected chi connectivity index (χ0v) is 35.8. The Hall–Kier alpha value is -3.40. The van der Waals surface area contributed by atoms with E-state index in [-0.39, 0.29) is 23.0 Å². The van der Waals surface area contributed by atoms with Crippen LogP contribution in [0.3, 0.4) is 0 Å². The number of rotatable bonds is 29. The Bertz CT molecular complexity index is 1780. The van der Waals surface area contributed by atoms with E-state index >= 15 is 0 Å². The topological polar surface area (TPSA) is 63.6 Å². The van der Waals surface area contributed by atoms with Gasteiger partial charge in [-0.2, -0.15) is 43.9 Å². The molecule has 0 fully saturated rings. The van der Waals surface area contributed by atoms with Crippen molar-refractivity contribution in [2.45, 2.75) is 127 Å². The van der Waals surface area contributed by atoms with Gasteiger partial charge < -0.3 is 9.84 Å². The minimum Gasteiger partial charge on any atom is -0.508 e. The summed E-state index contributed by atoms with van der Waals surface area (Å²) >= 11 is 0. The standard InChI is InChI=1S/C45H56F10O4S2/c46-42(47,44(50,51)52)28-15-33-60(57)31-13-6-4-2-1-3-5-11-19-40(35-17-9-7-10-18-35)41(36-20-24-38(56)25-21-36)37-22-26-39(27-23-37)59-30-12-8-14-32-61(58)34-16-29-43(48,49)45(53,54)55/h7,9-10,17-18,20-27,56H,1-6,8,11-16,19,28-34H2/b41-40-. The Kier molecular flexibility index (Phi) is 21.8. The molecule has 16 heteroatoms. The van der Waals surface area contributed by atoms with Crippen LogP contribution >= 0.6 is 0 Å². The second-order valence-corrected chi connectivity index (χ2v) is 18.5. The Morgan fingerprint density at radius 1 is 0.475 bits per heavy atom. The lowest BCUT2D eigenvalue weighted by Crippen LogP contribution is -2.36. The summed E-state index contributed by atoms with van der Waals surface area (Å²) in [7, 11) is -2.90. The average molecular weight is 915 g/mol. The fourth-order valence-electron chi connectivity index (χ4n) is 6.67. The second kappa shape index (κ2) is 25.6. The molecule has 0 saturated heterocycles. The molecule has 3 rings (SSSR count). The van der Waals surface area contributed by atoms with Crippen LogP contribution in [0.1, 0.15) is 119 Å². The van der Waals surface area contributed by atoms with Gasteiger partial charge in [0.05, 0.1) is 6.61 Å². The summed E-state index contributed by atoms with van der Waals surface area (Å²) in [6.07, 6.45) is -5.01. The van der Waals surface area contributed by atoms with Gasteiger partial charge in [0.1, 0.15) is 11.5 Å². The number of phenolic OH excluding ortho intramolecular Hbond substituents is 1. The average Bonchev–Trinajstić information content (AvgIpc) is 3.19. The maximum atomic E-state index is 13.1. The monoisotopic (exact) mass is 914 g/mol. The minimum absolute atomic E-state index is 0.144. The maximum Gasteiger partial charge on any atom is 0.453 e. The normalized spacial score (nSPS) is 14.1. The molecule has 4 nitrogen and oxygen atoms in total. The number of alkyl halides is 10. The van der Waals surface area contributed by atoms with Gasteiger partial charge in [-0.15, -0.1) is 0 Å². The number of aromatic hydroxyl groups is 1. The molecular formula is C45H56F10O4S2. The zero-order chi connectivity index (χ0) is 44.9. The van der Waals surface area contributed by atoms with Gasteiger partial charge in [0, 0.05) is 57.5 Å². The molecule has 3 aromatic carbocycles.